The van der Waals surface area contributed by atoms with Gasteiger partial charge in [-0.1, -0.05) is 26.2 Å². The monoisotopic (exact) mass is 288 g/mol. The Kier molecular flexibility index (Phi) is 5.80. The molecule has 21 heavy (non-hydrogen) atoms. The van der Waals surface area contributed by atoms with Gasteiger partial charge in [0.2, 0.25) is 0 Å². The summed E-state index contributed by atoms with van der Waals surface area (Å²) in [7, 11) is 0. The van der Waals surface area contributed by atoms with Gasteiger partial charge in [-0.05, 0) is 76.1 Å². The first-order chi connectivity index (χ1) is 10.0. The van der Waals surface area contributed by atoms with E-state index >= 15 is 0 Å². The van der Waals surface area contributed by atoms with Gasteiger partial charge in [-0.15, -0.1) is 0 Å². The van der Waals surface area contributed by atoms with Gasteiger partial charge in [0.15, 0.2) is 0 Å². The maximum absolute atomic E-state index is 4.63. The summed E-state index contributed by atoms with van der Waals surface area (Å²) in [4.78, 5) is 4.63. The maximum atomic E-state index is 4.63. The Morgan fingerprint density at radius 2 is 1.76 bits per heavy atom. The Labute approximate surface area is 130 Å². The molecule has 1 unspecified atom stereocenters. The average Bonchev–Trinajstić information content (AvgIpc) is 2.44. The zero-order chi connectivity index (χ0) is 15.4. The molecule has 1 atom stereocenters. The highest BCUT2D eigenvalue weighted by molar-refractivity contribution is 5.33. The quantitative estimate of drug-likeness (QED) is 0.835. The number of aromatic nitrogens is 1. The van der Waals surface area contributed by atoms with Gasteiger partial charge in [-0.3, -0.25) is 4.98 Å². The van der Waals surface area contributed by atoms with Crippen molar-refractivity contribution in [3.8, 4) is 0 Å². The fraction of sp³-hybridized carbons (Fsp3) is 0.737. The number of pyridine rings is 1. The summed E-state index contributed by atoms with van der Waals surface area (Å²) < 4.78 is 0. The molecule has 2 heteroatoms. The number of rotatable bonds is 5. The molecule has 1 aliphatic carbocycles. The van der Waals surface area contributed by atoms with Crippen LogP contribution in [0.2, 0.25) is 0 Å². The van der Waals surface area contributed by atoms with Gasteiger partial charge in [0.1, 0.15) is 0 Å². The number of nitrogens with one attached hydrogen (secondary N) is 1. The lowest BCUT2D eigenvalue weighted by Gasteiger charge is -2.29. The van der Waals surface area contributed by atoms with Gasteiger partial charge in [-0.25, -0.2) is 0 Å². The predicted octanol–water partition coefficient (Wildman–Crippen LogP) is 4.87. The summed E-state index contributed by atoms with van der Waals surface area (Å²) in [6, 6.07) is 2.61. The molecule has 0 spiro atoms. The first-order valence-electron chi connectivity index (χ1n) is 8.69. The summed E-state index contributed by atoms with van der Waals surface area (Å²) in [6.07, 6.45) is 7.04. The molecule has 0 radical (unpaired) electrons. The van der Waals surface area contributed by atoms with Crippen LogP contribution in [-0.2, 0) is 0 Å². The minimum atomic E-state index is 0.405. The minimum absolute atomic E-state index is 0.405. The van der Waals surface area contributed by atoms with Gasteiger partial charge in [0.25, 0.3) is 0 Å². The first-order valence-corrected chi connectivity index (χ1v) is 8.69. The molecule has 1 aromatic heterocycles. The summed E-state index contributed by atoms with van der Waals surface area (Å²) in [5.74, 6) is 1.86. The van der Waals surface area contributed by atoms with E-state index in [0.717, 1.165) is 24.1 Å². The minimum Gasteiger partial charge on any atom is -0.310 e. The number of hydrogen-bond acceptors (Lipinski definition) is 2. The smallest absolute Gasteiger partial charge is 0.0426 e. The molecule has 1 saturated carbocycles. The summed E-state index contributed by atoms with van der Waals surface area (Å²) in [6.45, 7) is 12.2. The molecule has 118 valence electrons. The van der Waals surface area contributed by atoms with Gasteiger partial charge in [-0.2, -0.15) is 0 Å². The van der Waals surface area contributed by atoms with Crippen LogP contribution in [0.5, 0.6) is 0 Å². The van der Waals surface area contributed by atoms with Crippen LogP contribution in [0.15, 0.2) is 6.07 Å². The zero-order valence-corrected chi connectivity index (χ0v) is 14.5. The van der Waals surface area contributed by atoms with E-state index in [1.54, 1.807) is 0 Å². The zero-order valence-electron chi connectivity index (χ0n) is 14.5. The Balaban J connectivity index is 1.89. The third-order valence-electron chi connectivity index (χ3n) is 5.27. The Hall–Kier alpha value is -0.890. The average molecular weight is 288 g/mol. The van der Waals surface area contributed by atoms with E-state index < -0.39 is 0 Å². The lowest BCUT2D eigenvalue weighted by atomic mass is 9.81. The molecular weight excluding hydrogens is 256 g/mol. The van der Waals surface area contributed by atoms with Crippen LogP contribution in [0.25, 0.3) is 0 Å². The second kappa shape index (κ2) is 7.40. The maximum Gasteiger partial charge on any atom is 0.0426 e. The molecule has 0 amide bonds. The third kappa shape index (κ3) is 4.29. The van der Waals surface area contributed by atoms with Gasteiger partial charge in [0.05, 0.1) is 0 Å². The first kappa shape index (κ1) is 16.5. The predicted molar refractivity (Wildman–Crippen MR) is 90.6 cm³/mol. The van der Waals surface area contributed by atoms with Gasteiger partial charge < -0.3 is 5.32 Å². The molecule has 1 aliphatic rings. The van der Waals surface area contributed by atoms with Crippen molar-refractivity contribution in [2.75, 3.05) is 6.54 Å². The standard InChI is InChI=1S/C19H32N2/c1-6-17-7-9-18(10-8-17)12-20-15(4)19-13(2)11-14(3)21-16(19)5/h11,15,17-18,20H,6-10,12H2,1-5H3. The molecule has 0 aromatic carbocycles. The van der Waals surface area contributed by atoms with Crippen molar-refractivity contribution in [3.05, 3.63) is 28.6 Å². The van der Waals surface area contributed by atoms with Crippen molar-refractivity contribution in [1.82, 2.24) is 10.3 Å². The van der Waals surface area contributed by atoms with E-state index in [4.69, 9.17) is 0 Å². The van der Waals surface area contributed by atoms with Crippen LogP contribution in [0, 0.1) is 32.6 Å². The highest BCUT2D eigenvalue weighted by Crippen LogP contribution is 2.30. The fourth-order valence-electron chi connectivity index (χ4n) is 3.98. The van der Waals surface area contributed by atoms with Crippen LogP contribution < -0.4 is 5.32 Å². The largest absolute Gasteiger partial charge is 0.310 e. The Bertz CT molecular complexity index is 436. The summed E-state index contributed by atoms with van der Waals surface area (Å²) in [5.41, 5.74) is 5.07. The van der Waals surface area contributed by atoms with E-state index in [1.165, 1.54) is 48.9 Å². The molecule has 0 aliphatic heterocycles. The summed E-state index contributed by atoms with van der Waals surface area (Å²) in [5, 5.41) is 3.76. The normalized spacial score (nSPS) is 24.0. The highest BCUT2D eigenvalue weighted by atomic mass is 14.9. The highest BCUT2D eigenvalue weighted by Gasteiger charge is 2.21. The molecule has 0 saturated heterocycles. The van der Waals surface area contributed by atoms with Crippen LogP contribution in [-0.4, -0.2) is 11.5 Å². The third-order valence-corrected chi connectivity index (χ3v) is 5.27. The van der Waals surface area contributed by atoms with Crippen LogP contribution in [0.1, 0.15) is 74.5 Å². The second-order valence-electron chi connectivity index (χ2n) is 7.00. The van der Waals surface area contributed by atoms with Crippen LogP contribution in [0.4, 0.5) is 0 Å². The molecule has 1 fully saturated rings. The van der Waals surface area contributed by atoms with E-state index in [1.807, 2.05) is 0 Å². The Morgan fingerprint density at radius 3 is 2.33 bits per heavy atom. The van der Waals surface area contributed by atoms with Crippen molar-refractivity contribution in [1.29, 1.82) is 0 Å². The molecule has 1 N–H and O–H groups in total. The van der Waals surface area contributed by atoms with Crippen LogP contribution >= 0.6 is 0 Å². The molecule has 0 bridgehead atoms. The van der Waals surface area contributed by atoms with Crippen molar-refractivity contribution >= 4 is 0 Å². The molecular formula is C19H32N2. The topological polar surface area (TPSA) is 24.9 Å². The lowest BCUT2D eigenvalue weighted by molar-refractivity contribution is 0.258. The van der Waals surface area contributed by atoms with E-state index in [2.05, 4.69) is 51.0 Å². The molecule has 1 heterocycles. The number of hydrogen-bond donors (Lipinski definition) is 1. The molecule has 1 aromatic rings. The number of nitrogens with zero attached hydrogens (tertiary/aromatic N) is 1. The van der Waals surface area contributed by atoms with Crippen molar-refractivity contribution in [2.45, 2.75) is 72.8 Å². The van der Waals surface area contributed by atoms with Gasteiger partial charge in [0, 0.05) is 17.4 Å². The van der Waals surface area contributed by atoms with Crippen molar-refractivity contribution in [2.24, 2.45) is 11.8 Å². The van der Waals surface area contributed by atoms with E-state index in [9.17, 15) is 0 Å². The Morgan fingerprint density at radius 1 is 1.14 bits per heavy atom. The summed E-state index contributed by atoms with van der Waals surface area (Å²) >= 11 is 0. The van der Waals surface area contributed by atoms with E-state index in [-0.39, 0.29) is 0 Å². The SMILES string of the molecule is CCC1CCC(CNC(C)c2c(C)cc(C)nc2C)CC1. The van der Waals surface area contributed by atoms with Crippen molar-refractivity contribution < 1.29 is 0 Å². The molecule has 2 rings (SSSR count). The van der Waals surface area contributed by atoms with Crippen molar-refractivity contribution in [3.63, 3.8) is 0 Å². The fourth-order valence-corrected chi connectivity index (χ4v) is 3.98. The van der Waals surface area contributed by atoms with Gasteiger partial charge >= 0.3 is 0 Å². The molecule has 2 nitrogen and oxygen atoms in total. The van der Waals surface area contributed by atoms with E-state index in [0.29, 0.717) is 6.04 Å². The number of aryl methyl sites for hydroxylation is 3. The van der Waals surface area contributed by atoms with Crippen LogP contribution in [0.3, 0.4) is 0 Å². The second-order valence-corrected chi connectivity index (χ2v) is 7.00. The lowest BCUT2D eigenvalue weighted by Crippen LogP contribution is -2.29.